The van der Waals surface area contributed by atoms with E-state index in [2.05, 4.69) is 18.7 Å². The SMILES string of the molecule is CC(C)c1ccc(C(=O)c2ccc(N3CCCC3)c(N)c2)cc1. The van der Waals surface area contributed by atoms with Crippen LogP contribution in [-0.4, -0.2) is 18.9 Å². The Labute approximate surface area is 138 Å². The number of nitrogen functional groups attached to an aromatic ring is 1. The molecule has 3 rings (SSSR count). The van der Waals surface area contributed by atoms with E-state index in [0.29, 0.717) is 22.7 Å². The van der Waals surface area contributed by atoms with Gasteiger partial charge in [-0.15, -0.1) is 0 Å². The molecule has 120 valence electrons. The molecule has 0 unspecified atom stereocenters. The largest absolute Gasteiger partial charge is 0.397 e. The summed E-state index contributed by atoms with van der Waals surface area (Å²) in [5.74, 6) is 0.495. The van der Waals surface area contributed by atoms with Crippen LogP contribution < -0.4 is 10.6 Å². The predicted molar refractivity (Wildman–Crippen MR) is 96.3 cm³/mol. The highest BCUT2D eigenvalue weighted by Gasteiger charge is 2.17. The maximum Gasteiger partial charge on any atom is 0.193 e. The Kier molecular flexibility index (Phi) is 4.37. The maximum atomic E-state index is 12.6. The molecule has 1 aliphatic heterocycles. The van der Waals surface area contributed by atoms with Gasteiger partial charge in [-0.1, -0.05) is 38.1 Å². The van der Waals surface area contributed by atoms with Crippen LogP contribution in [0.1, 0.15) is 54.1 Å². The molecular formula is C20H24N2O. The second-order valence-corrected chi connectivity index (χ2v) is 6.57. The summed E-state index contributed by atoms with van der Waals surface area (Å²) in [5.41, 5.74) is 10.5. The van der Waals surface area contributed by atoms with E-state index in [9.17, 15) is 4.79 Å². The topological polar surface area (TPSA) is 46.3 Å². The number of anilines is 2. The first-order valence-electron chi connectivity index (χ1n) is 8.35. The zero-order chi connectivity index (χ0) is 16.4. The lowest BCUT2D eigenvalue weighted by Gasteiger charge is -2.20. The van der Waals surface area contributed by atoms with Gasteiger partial charge in [-0.3, -0.25) is 4.79 Å². The number of rotatable bonds is 4. The molecule has 2 N–H and O–H groups in total. The third-order valence-corrected chi connectivity index (χ3v) is 4.58. The third kappa shape index (κ3) is 3.24. The van der Waals surface area contributed by atoms with Crippen LogP contribution in [0.5, 0.6) is 0 Å². The van der Waals surface area contributed by atoms with E-state index in [1.54, 1.807) is 0 Å². The number of nitrogens with zero attached hydrogens (tertiary/aromatic N) is 1. The van der Waals surface area contributed by atoms with Crippen LogP contribution in [0.2, 0.25) is 0 Å². The Morgan fingerprint density at radius 3 is 2.17 bits per heavy atom. The summed E-state index contributed by atoms with van der Waals surface area (Å²) in [6, 6.07) is 13.6. The minimum Gasteiger partial charge on any atom is -0.397 e. The number of hydrogen-bond acceptors (Lipinski definition) is 3. The fourth-order valence-electron chi connectivity index (χ4n) is 3.13. The fourth-order valence-corrected chi connectivity index (χ4v) is 3.13. The molecule has 1 heterocycles. The molecule has 0 radical (unpaired) electrons. The van der Waals surface area contributed by atoms with Crippen molar-refractivity contribution in [3.63, 3.8) is 0 Å². The highest BCUT2D eigenvalue weighted by Crippen LogP contribution is 2.28. The molecule has 0 atom stereocenters. The summed E-state index contributed by atoms with van der Waals surface area (Å²) in [6.45, 7) is 6.39. The molecule has 0 aromatic heterocycles. The van der Waals surface area contributed by atoms with Gasteiger partial charge in [0.05, 0.1) is 11.4 Å². The van der Waals surface area contributed by atoms with E-state index in [4.69, 9.17) is 5.73 Å². The summed E-state index contributed by atoms with van der Waals surface area (Å²) in [7, 11) is 0. The number of benzene rings is 2. The first kappa shape index (κ1) is 15.6. The molecule has 0 amide bonds. The van der Waals surface area contributed by atoms with Crippen LogP contribution in [0, 0.1) is 0 Å². The number of ketones is 1. The van der Waals surface area contributed by atoms with Crippen LogP contribution in [0.15, 0.2) is 42.5 Å². The molecule has 23 heavy (non-hydrogen) atoms. The molecule has 0 saturated carbocycles. The summed E-state index contributed by atoms with van der Waals surface area (Å²) in [6.07, 6.45) is 2.42. The zero-order valence-electron chi connectivity index (χ0n) is 13.9. The van der Waals surface area contributed by atoms with Crippen molar-refractivity contribution < 1.29 is 4.79 Å². The summed E-state index contributed by atoms with van der Waals surface area (Å²) >= 11 is 0. The van der Waals surface area contributed by atoms with Gasteiger partial charge in [0, 0.05) is 24.2 Å². The minimum atomic E-state index is 0.0278. The molecule has 0 aliphatic carbocycles. The summed E-state index contributed by atoms with van der Waals surface area (Å²) < 4.78 is 0. The molecule has 1 aliphatic rings. The number of hydrogen-bond donors (Lipinski definition) is 1. The smallest absolute Gasteiger partial charge is 0.193 e. The number of carbonyl (C=O) groups is 1. The van der Waals surface area contributed by atoms with E-state index >= 15 is 0 Å². The molecule has 1 fully saturated rings. The predicted octanol–water partition coefficient (Wildman–Crippen LogP) is 4.22. The van der Waals surface area contributed by atoms with Gasteiger partial charge in [-0.05, 0) is 42.5 Å². The van der Waals surface area contributed by atoms with E-state index in [0.717, 1.165) is 18.8 Å². The van der Waals surface area contributed by atoms with Crippen LogP contribution >= 0.6 is 0 Å². The van der Waals surface area contributed by atoms with E-state index in [1.807, 2.05) is 42.5 Å². The normalized spacial score (nSPS) is 14.5. The molecular weight excluding hydrogens is 284 g/mol. The highest BCUT2D eigenvalue weighted by atomic mass is 16.1. The minimum absolute atomic E-state index is 0.0278. The van der Waals surface area contributed by atoms with Gasteiger partial charge in [-0.25, -0.2) is 0 Å². The average Bonchev–Trinajstić information content (AvgIpc) is 3.08. The maximum absolute atomic E-state index is 12.6. The van der Waals surface area contributed by atoms with Crippen molar-refractivity contribution in [1.29, 1.82) is 0 Å². The van der Waals surface area contributed by atoms with Gasteiger partial charge in [-0.2, -0.15) is 0 Å². The van der Waals surface area contributed by atoms with E-state index in [-0.39, 0.29) is 5.78 Å². The Hall–Kier alpha value is -2.29. The van der Waals surface area contributed by atoms with Crippen molar-refractivity contribution in [1.82, 2.24) is 0 Å². The number of carbonyl (C=O) groups excluding carboxylic acids is 1. The average molecular weight is 308 g/mol. The van der Waals surface area contributed by atoms with Gasteiger partial charge >= 0.3 is 0 Å². The van der Waals surface area contributed by atoms with Crippen LogP contribution in [0.25, 0.3) is 0 Å². The highest BCUT2D eigenvalue weighted by molar-refractivity contribution is 6.09. The quantitative estimate of drug-likeness (QED) is 0.679. The molecule has 3 nitrogen and oxygen atoms in total. The van der Waals surface area contributed by atoms with E-state index in [1.165, 1.54) is 18.4 Å². The lowest BCUT2D eigenvalue weighted by molar-refractivity contribution is 0.103. The Bertz CT molecular complexity index is 698. The van der Waals surface area contributed by atoms with Crippen molar-refractivity contribution in [2.24, 2.45) is 0 Å². The first-order chi connectivity index (χ1) is 11.1. The standard InChI is InChI=1S/C20H24N2O/c1-14(2)15-5-7-16(8-6-15)20(23)17-9-10-19(18(21)13-17)22-11-3-4-12-22/h5-10,13-14H,3-4,11-12,21H2,1-2H3. The molecule has 0 bridgehead atoms. The number of nitrogens with two attached hydrogens (primary N) is 1. The van der Waals surface area contributed by atoms with Gasteiger partial charge in [0.25, 0.3) is 0 Å². The Morgan fingerprint density at radius 1 is 1.00 bits per heavy atom. The van der Waals surface area contributed by atoms with Crippen molar-refractivity contribution in [3.05, 3.63) is 59.2 Å². The molecule has 3 heteroatoms. The first-order valence-corrected chi connectivity index (χ1v) is 8.35. The summed E-state index contributed by atoms with van der Waals surface area (Å²) in [5, 5.41) is 0. The third-order valence-electron chi connectivity index (χ3n) is 4.58. The van der Waals surface area contributed by atoms with Crippen LogP contribution in [-0.2, 0) is 0 Å². The molecule has 2 aromatic carbocycles. The second-order valence-electron chi connectivity index (χ2n) is 6.57. The molecule has 0 spiro atoms. The monoisotopic (exact) mass is 308 g/mol. The van der Waals surface area contributed by atoms with E-state index < -0.39 is 0 Å². The molecule has 1 saturated heterocycles. The Balaban J connectivity index is 1.83. The fraction of sp³-hybridized carbons (Fsp3) is 0.350. The van der Waals surface area contributed by atoms with Gasteiger partial charge in [0.1, 0.15) is 0 Å². The zero-order valence-corrected chi connectivity index (χ0v) is 13.9. The van der Waals surface area contributed by atoms with Crippen molar-refractivity contribution >= 4 is 17.2 Å². The van der Waals surface area contributed by atoms with Crippen molar-refractivity contribution in [3.8, 4) is 0 Å². The second kappa shape index (κ2) is 6.45. The van der Waals surface area contributed by atoms with Gasteiger partial charge in [0.15, 0.2) is 5.78 Å². The van der Waals surface area contributed by atoms with Crippen molar-refractivity contribution in [2.45, 2.75) is 32.6 Å². The molecule has 2 aromatic rings. The van der Waals surface area contributed by atoms with Crippen LogP contribution in [0.3, 0.4) is 0 Å². The Morgan fingerprint density at radius 2 is 1.61 bits per heavy atom. The lowest BCUT2D eigenvalue weighted by Crippen LogP contribution is -2.19. The summed E-state index contributed by atoms with van der Waals surface area (Å²) in [4.78, 5) is 14.9. The van der Waals surface area contributed by atoms with Crippen molar-refractivity contribution in [2.75, 3.05) is 23.7 Å². The lowest BCUT2D eigenvalue weighted by atomic mass is 9.97. The van der Waals surface area contributed by atoms with Crippen LogP contribution in [0.4, 0.5) is 11.4 Å². The van der Waals surface area contributed by atoms with Gasteiger partial charge in [0.2, 0.25) is 0 Å². The van der Waals surface area contributed by atoms with Gasteiger partial charge < -0.3 is 10.6 Å².